The fraction of sp³-hybridized carbons (Fsp3) is 0.611. The lowest BCUT2D eigenvalue weighted by Gasteiger charge is -2.22. The largest absolute Gasteiger partial charge is 0.492 e. The van der Waals surface area contributed by atoms with Gasteiger partial charge in [-0.05, 0) is 57.4 Å². The first-order chi connectivity index (χ1) is 12.5. The lowest BCUT2D eigenvalue weighted by molar-refractivity contribution is -0.120. The van der Waals surface area contributed by atoms with Crippen LogP contribution in [0.1, 0.15) is 32.6 Å². The topological polar surface area (TPSA) is 87.7 Å². The Labute approximate surface area is 167 Å². The van der Waals surface area contributed by atoms with Crippen LogP contribution in [0, 0.1) is 5.92 Å². The maximum atomic E-state index is 13.0. The second kappa shape index (κ2) is 9.73. The van der Waals surface area contributed by atoms with Gasteiger partial charge in [-0.3, -0.25) is 4.79 Å². The van der Waals surface area contributed by atoms with E-state index in [0.29, 0.717) is 37.7 Å². The normalized spacial score (nSPS) is 20.7. The predicted molar refractivity (Wildman–Crippen MR) is 107 cm³/mol. The number of carbonyl (C=O) groups excluding carboxylic acids is 1. The molecule has 3 rings (SSSR count). The number of sulfonamides is 1. The summed E-state index contributed by atoms with van der Waals surface area (Å²) in [7, 11) is -3.63. The Hall–Kier alpha value is -1.35. The van der Waals surface area contributed by atoms with Gasteiger partial charge in [-0.1, -0.05) is 0 Å². The molecule has 0 bridgehead atoms. The summed E-state index contributed by atoms with van der Waals surface area (Å²) >= 11 is 0. The van der Waals surface area contributed by atoms with E-state index in [1.165, 1.54) is 10.4 Å². The van der Waals surface area contributed by atoms with Gasteiger partial charge in [0.25, 0.3) is 0 Å². The zero-order chi connectivity index (χ0) is 18.6. The Kier molecular flexibility index (Phi) is 7.91. The third kappa shape index (κ3) is 5.13. The fourth-order valence-corrected chi connectivity index (χ4v) is 5.12. The first-order valence-electron chi connectivity index (χ1n) is 9.31. The summed E-state index contributed by atoms with van der Waals surface area (Å²) in [6.07, 6.45) is 3.55. The molecule has 2 saturated heterocycles. The summed E-state index contributed by atoms with van der Waals surface area (Å²) < 4.78 is 33.0. The van der Waals surface area contributed by atoms with E-state index in [1.807, 2.05) is 6.92 Å². The lowest BCUT2D eigenvalue weighted by Crippen LogP contribution is -2.37. The molecule has 9 heteroatoms. The minimum absolute atomic E-state index is 0. The predicted octanol–water partition coefficient (Wildman–Crippen LogP) is 2.23. The monoisotopic (exact) mass is 417 g/mol. The van der Waals surface area contributed by atoms with E-state index in [2.05, 4.69) is 10.6 Å². The van der Waals surface area contributed by atoms with Crippen molar-refractivity contribution in [2.45, 2.75) is 37.5 Å². The number of hydrogen-bond donors (Lipinski definition) is 2. The number of nitrogens with one attached hydrogen (secondary N) is 2. The fourth-order valence-electron chi connectivity index (χ4n) is 3.45. The number of hydrogen-bond acceptors (Lipinski definition) is 5. The summed E-state index contributed by atoms with van der Waals surface area (Å²) in [4.78, 5) is 12.6. The molecule has 152 valence electrons. The summed E-state index contributed by atoms with van der Waals surface area (Å²) in [6.45, 7) is 4.84. The molecule has 1 amide bonds. The molecule has 1 atom stereocenters. The van der Waals surface area contributed by atoms with Crippen molar-refractivity contribution < 1.29 is 17.9 Å². The Morgan fingerprint density at radius 3 is 2.67 bits per heavy atom. The van der Waals surface area contributed by atoms with Gasteiger partial charge in [-0.2, -0.15) is 4.31 Å². The van der Waals surface area contributed by atoms with Gasteiger partial charge in [0.2, 0.25) is 15.9 Å². The van der Waals surface area contributed by atoms with Crippen LogP contribution >= 0.6 is 12.4 Å². The molecule has 2 aliphatic rings. The number of amides is 1. The number of ether oxygens (including phenoxy) is 1. The van der Waals surface area contributed by atoms with Crippen molar-refractivity contribution in [1.82, 2.24) is 9.62 Å². The highest BCUT2D eigenvalue weighted by molar-refractivity contribution is 7.89. The molecule has 0 spiro atoms. The van der Waals surface area contributed by atoms with Crippen LogP contribution < -0.4 is 15.4 Å². The van der Waals surface area contributed by atoms with E-state index in [1.54, 1.807) is 12.1 Å². The molecule has 7 nitrogen and oxygen atoms in total. The maximum Gasteiger partial charge on any atom is 0.246 e. The van der Waals surface area contributed by atoms with E-state index < -0.39 is 10.0 Å². The SMILES string of the molecule is CCOc1ccc(NC(=O)C2CCCNC2)cc1S(=O)(=O)N1CCCC1.Cl. The zero-order valence-electron chi connectivity index (χ0n) is 15.6. The molecule has 1 aromatic carbocycles. The molecule has 0 aromatic heterocycles. The number of halogens is 1. The molecule has 0 radical (unpaired) electrons. The summed E-state index contributed by atoms with van der Waals surface area (Å²) in [5.41, 5.74) is 0.488. The number of rotatable bonds is 6. The van der Waals surface area contributed by atoms with Crippen LogP contribution in [0.4, 0.5) is 5.69 Å². The van der Waals surface area contributed by atoms with Gasteiger partial charge in [0, 0.05) is 25.3 Å². The Morgan fingerprint density at radius 2 is 2.04 bits per heavy atom. The van der Waals surface area contributed by atoms with Crippen LogP contribution in [-0.2, 0) is 14.8 Å². The van der Waals surface area contributed by atoms with Crippen LogP contribution in [-0.4, -0.2) is 51.4 Å². The van der Waals surface area contributed by atoms with Gasteiger partial charge in [-0.15, -0.1) is 12.4 Å². The molecule has 27 heavy (non-hydrogen) atoms. The minimum atomic E-state index is -3.63. The van der Waals surface area contributed by atoms with Gasteiger partial charge in [0.05, 0.1) is 12.5 Å². The van der Waals surface area contributed by atoms with Crippen molar-refractivity contribution in [3.8, 4) is 5.75 Å². The van der Waals surface area contributed by atoms with E-state index in [4.69, 9.17) is 4.74 Å². The number of anilines is 1. The van der Waals surface area contributed by atoms with Gasteiger partial charge in [0.1, 0.15) is 10.6 Å². The molecule has 0 aliphatic carbocycles. The summed E-state index contributed by atoms with van der Waals surface area (Å²) in [5, 5.41) is 6.08. The number of carbonyl (C=O) groups is 1. The third-order valence-corrected chi connectivity index (χ3v) is 6.78. The third-order valence-electron chi connectivity index (χ3n) is 4.86. The van der Waals surface area contributed by atoms with Crippen LogP contribution in [0.3, 0.4) is 0 Å². The second-order valence-corrected chi connectivity index (χ2v) is 8.64. The van der Waals surface area contributed by atoms with Crippen molar-refractivity contribution in [3.05, 3.63) is 18.2 Å². The first-order valence-corrected chi connectivity index (χ1v) is 10.7. The average Bonchev–Trinajstić information content (AvgIpc) is 3.19. The van der Waals surface area contributed by atoms with E-state index in [0.717, 1.165) is 32.2 Å². The van der Waals surface area contributed by atoms with Crippen LogP contribution in [0.25, 0.3) is 0 Å². The molecular formula is C18H28ClN3O4S. The standard InChI is InChI=1S/C18H27N3O4S.ClH/c1-2-25-16-8-7-15(20-18(22)14-6-5-9-19-13-14)12-17(16)26(23,24)21-10-3-4-11-21;/h7-8,12,14,19H,2-6,9-11,13H2,1H3,(H,20,22);1H. The highest BCUT2D eigenvalue weighted by atomic mass is 35.5. The minimum Gasteiger partial charge on any atom is -0.492 e. The van der Waals surface area contributed by atoms with Crippen molar-refractivity contribution >= 4 is 34.0 Å². The van der Waals surface area contributed by atoms with Crippen molar-refractivity contribution in [3.63, 3.8) is 0 Å². The van der Waals surface area contributed by atoms with E-state index in [9.17, 15) is 13.2 Å². The van der Waals surface area contributed by atoms with Gasteiger partial charge in [-0.25, -0.2) is 8.42 Å². The highest BCUT2D eigenvalue weighted by Gasteiger charge is 2.30. The summed E-state index contributed by atoms with van der Waals surface area (Å²) in [6, 6.07) is 4.84. The average molecular weight is 418 g/mol. The zero-order valence-corrected chi connectivity index (χ0v) is 17.2. The van der Waals surface area contributed by atoms with E-state index >= 15 is 0 Å². The molecule has 1 unspecified atom stereocenters. The highest BCUT2D eigenvalue weighted by Crippen LogP contribution is 2.32. The van der Waals surface area contributed by atoms with Crippen molar-refractivity contribution in [1.29, 1.82) is 0 Å². The molecule has 2 N–H and O–H groups in total. The number of piperidine rings is 1. The molecular weight excluding hydrogens is 390 g/mol. The Bertz CT molecular complexity index is 745. The molecule has 2 heterocycles. The van der Waals surface area contributed by atoms with Crippen molar-refractivity contribution in [2.24, 2.45) is 5.92 Å². The Morgan fingerprint density at radius 1 is 1.30 bits per heavy atom. The van der Waals surface area contributed by atoms with Crippen LogP contribution in [0.5, 0.6) is 5.75 Å². The number of nitrogens with zero attached hydrogens (tertiary/aromatic N) is 1. The molecule has 2 fully saturated rings. The van der Waals surface area contributed by atoms with Crippen LogP contribution in [0.2, 0.25) is 0 Å². The summed E-state index contributed by atoms with van der Waals surface area (Å²) in [5.74, 6) is 0.163. The van der Waals surface area contributed by atoms with Gasteiger partial charge >= 0.3 is 0 Å². The quantitative estimate of drug-likeness (QED) is 0.741. The molecule has 0 saturated carbocycles. The maximum absolute atomic E-state index is 13.0. The lowest BCUT2D eigenvalue weighted by atomic mass is 9.99. The molecule has 2 aliphatic heterocycles. The van der Waals surface area contributed by atoms with Gasteiger partial charge < -0.3 is 15.4 Å². The first kappa shape index (κ1) is 21.9. The Balaban J connectivity index is 0.00000261. The smallest absolute Gasteiger partial charge is 0.246 e. The van der Waals surface area contributed by atoms with Gasteiger partial charge in [0.15, 0.2) is 0 Å². The van der Waals surface area contributed by atoms with Crippen molar-refractivity contribution in [2.75, 3.05) is 38.1 Å². The number of benzene rings is 1. The van der Waals surface area contributed by atoms with Crippen LogP contribution in [0.15, 0.2) is 23.1 Å². The molecule has 1 aromatic rings. The second-order valence-electron chi connectivity index (χ2n) is 6.74. The van der Waals surface area contributed by atoms with E-state index in [-0.39, 0.29) is 29.1 Å².